The van der Waals surface area contributed by atoms with E-state index in [4.69, 9.17) is 4.74 Å². The monoisotopic (exact) mass is 276 g/mol. The Morgan fingerprint density at radius 3 is 2.85 bits per heavy atom. The van der Waals surface area contributed by atoms with Crippen LogP contribution in [0, 0.1) is 13.8 Å². The van der Waals surface area contributed by atoms with Gasteiger partial charge in [0.2, 0.25) is 0 Å². The molecule has 0 bridgehead atoms. The first-order valence-electron chi connectivity index (χ1n) is 7.64. The van der Waals surface area contributed by atoms with E-state index in [0.717, 1.165) is 19.7 Å². The fourth-order valence-corrected chi connectivity index (χ4v) is 3.00. The number of nitrogens with one attached hydrogen (secondary N) is 1. The van der Waals surface area contributed by atoms with Gasteiger partial charge < -0.3 is 15.0 Å². The van der Waals surface area contributed by atoms with Gasteiger partial charge in [0.05, 0.1) is 6.10 Å². The van der Waals surface area contributed by atoms with E-state index in [0.29, 0.717) is 12.1 Å². The number of hydrogen-bond acceptors (Lipinski definition) is 3. The quantitative estimate of drug-likeness (QED) is 0.864. The van der Waals surface area contributed by atoms with Crippen LogP contribution in [0.4, 0.5) is 0 Å². The molecule has 1 fully saturated rings. The molecule has 1 aliphatic rings. The van der Waals surface area contributed by atoms with Crippen molar-refractivity contribution >= 4 is 0 Å². The van der Waals surface area contributed by atoms with Gasteiger partial charge in [-0.05, 0) is 51.9 Å². The topological polar surface area (TPSA) is 24.5 Å². The maximum Gasteiger partial charge on any atom is 0.0702 e. The molecule has 0 radical (unpaired) electrons. The predicted molar refractivity (Wildman–Crippen MR) is 84.2 cm³/mol. The van der Waals surface area contributed by atoms with Gasteiger partial charge in [0.25, 0.3) is 0 Å². The number of rotatable bonds is 6. The highest BCUT2D eigenvalue weighted by molar-refractivity contribution is 5.33. The second kappa shape index (κ2) is 7.21. The van der Waals surface area contributed by atoms with Crippen LogP contribution in [0.5, 0.6) is 0 Å². The molecule has 1 heterocycles. The summed E-state index contributed by atoms with van der Waals surface area (Å²) in [6.07, 6.45) is 2.85. The molecule has 1 N–H and O–H groups in total. The summed E-state index contributed by atoms with van der Waals surface area (Å²) in [5.41, 5.74) is 4.10. The maximum absolute atomic E-state index is 5.73. The standard InChI is InChI=1S/C17H28N2O/c1-13-7-8-14(2)16(10-13)17(18-3)12-19(4)11-15-6-5-9-20-15/h7-8,10,15,17-18H,5-6,9,11-12H2,1-4H3. The van der Waals surface area contributed by atoms with E-state index >= 15 is 0 Å². The zero-order valence-electron chi connectivity index (χ0n) is 13.3. The summed E-state index contributed by atoms with van der Waals surface area (Å²) in [6, 6.07) is 7.08. The molecule has 1 aromatic carbocycles. The molecule has 2 unspecified atom stereocenters. The molecule has 3 nitrogen and oxygen atoms in total. The Morgan fingerprint density at radius 2 is 2.20 bits per heavy atom. The van der Waals surface area contributed by atoms with Crippen LogP contribution in [0.25, 0.3) is 0 Å². The van der Waals surface area contributed by atoms with Gasteiger partial charge in [-0.2, -0.15) is 0 Å². The van der Waals surface area contributed by atoms with Crippen molar-refractivity contribution in [2.24, 2.45) is 0 Å². The second-order valence-electron chi connectivity index (χ2n) is 6.06. The molecule has 112 valence electrons. The van der Waals surface area contributed by atoms with Crippen molar-refractivity contribution in [2.75, 3.05) is 33.8 Å². The van der Waals surface area contributed by atoms with Crippen molar-refractivity contribution in [3.63, 3.8) is 0 Å². The van der Waals surface area contributed by atoms with Crippen LogP contribution in [-0.2, 0) is 4.74 Å². The third kappa shape index (κ3) is 4.05. The maximum atomic E-state index is 5.73. The summed E-state index contributed by atoms with van der Waals surface area (Å²) in [7, 11) is 4.24. The molecule has 0 aromatic heterocycles. The molecule has 0 saturated carbocycles. The number of likely N-dealkylation sites (N-methyl/N-ethyl adjacent to an activating group) is 2. The van der Waals surface area contributed by atoms with Crippen LogP contribution in [0.2, 0.25) is 0 Å². The zero-order chi connectivity index (χ0) is 14.5. The Balaban J connectivity index is 1.98. The first kappa shape index (κ1) is 15.5. The summed E-state index contributed by atoms with van der Waals surface area (Å²) < 4.78 is 5.73. The molecule has 20 heavy (non-hydrogen) atoms. The Labute approximate surface area is 123 Å². The molecule has 0 spiro atoms. The fraction of sp³-hybridized carbons (Fsp3) is 0.647. The Bertz CT molecular complexity index is 427. The van der Waals surface area contributed by atoms with Crippen LogP contribution in [0.3, 0.4) is 0 Å². The van der Waals surface area contributed by atoms with Gasteiger partial charge in [0, 0.05) is 25.7 Å². The number of nitrogens with zero attached hydrogens (tertiary/aromatic N) is 1. The van der Waals surface area contributed by atoms with Crippen molar-refractivity contribution in [2.45, 2.75) is 38.8 Å². The SMILES string of the molecule is CNC(CN(C)CC1CCCO1)c1cc(C)ccc1C. The number of benzene rings is 1. The molecular weight excluding hydrogens is 248 g/mol. The normalized spacial score (nSPS) is 20.6. The largest absolute Gasteiger partial charge is 0.377 e. The van der Waals surface area contributed by atoms with E-state index < -0.39 is 0 Å². The lowest BCUT2D eigenvalue weighted by Gasteiger charge is -2.27. The Kier molecular flexibility index (Phi) is 5.58. The molecule has 3 heteroatoms. The van der Waals surface area contributed by atoms with Gasteiger partial charge in [0.15, 0.2) is 0 Å². The summed E-state index contributed by atoms with van der Waals surface area (Å²) in [6.45, 7) is 7.33. The average Bonchev–Trinajstić information content (AvgIpc) is 2.92. The highest BCUT2D eigenvalue weighted by atomic mass is 16.5. The summed E-state index contributed by atoms with van der Waals surface area (Å²) in [5, 5.41) is 3.46. The lowest BCUT2D eigenvalue weighted by Crippen LogP contribution is -2.36. The van der Waals surface area contributed by atoms with E-state index in [2.05, 4.69) is 49.3 Å². The zero-order valence-corrected chi connectivity index (χ0v) is 13.3. The second-order valence-corrected chi connectivity index (χ2v) is 6.06. The Morgan fingerprint density at radius 1 is 1.40 bits per heavy atom. The lowest BCUT2D eigenvalue weighted by atomic mass is 9.98. The van der Waals surface area contributed by atoms with Crippen LogP contribution < -0.4 is 5.32 Å². The minimum atomic E-state index is 0.376. The van der Waals surface area contributed by atoms with Gasteiger partial charge in [-0.1, -0.05) is 23.8 Å². The molecule has 0 amide bonds. The molecule has 2 rings (SSSR count). The predicted octanol–water partition coefficient (Wildman–Crippen LogP) is 2.67. The van der Waals surface area contributed by atoms with Crippen LogP contribution in [-0.4, -0.2) is 44.8 Å². The van der Waals surface area contributed by atoms with Crippen LogP contribution in [0.15, 0.2) is 18.2 Å². The first-order chi connectivity index (χ1) is 9.60. The molecule has 2 atom stereocenters. The van der Waals surface area contributed by atoms with E-state index in [1.54, 1.807) is 0 Å². The van der Waals surface area contributed by atoms with Crippen molar-refractivity contribution in [1.82, 2.24) is 10.2 Å². The van der Waals surface area contributed by atoms with Crippen molar-refractivity contribution < 1.29 is 4.74 Å². The van der Waals surface area contributed by atoms with Crippen molar-refractivity contribution in [3.05, 3.63) is 34.9 Å². The summed E-state index contributed by atoms with van der Waals surface area (Å²) in [4.78, 5) is 2.39. The Hall–Kier alpha value is -0.900. The van der Waals surface area contributed by atoms with Crippen LogP contribution in [0.1, 0.15) is 35.6 Å². The van der Waals surface area contributed by atoms with E-state index in [1.165, 1.54) is 29.5 Å². The molecule has 1 saturated heterocycles. The van der Waals surface area contributed by atoms with Gasteiger partial charge in [-0.15, -0.1) is 0 Å². The smallest absolute Gasteiger partial charge is 0.0702 e. The summed E-state index contributed by atoms with van der Waals surface area (Å²) >= 11 is 0. The number of ether oxygens (including phenoxy) is 1. The third-order valence-corrected chi connectivity index (χ3v) is 4.19. The highest BCUT2D eigenvalue weighted by Gasteiger charge is 2.20. The summed E-state index contributed by atoms with van der Waals surface area (Å²) in [5.74, 6) is 0. The van der Waals surface area contributed by atoms with E-state index in [1.807, 2.05) is 7.05 Å². The number of hydrogen-bond donors (Lipinski definition) is 1. The minimum absolute atomic E-state index is 0.376. The van der Waals surface area contributed by atoms with Crippen LogP contribution >= 0.6 is 0 Å². The van der Waals surface area contributed by atoms with Crippen molar-refractivity contribution in [3.8, 4) is 0 Å². The highest BCUT2D eigenvalue weighted by Crippen LogP contribution is 2.21. The molecular formula is C17H28N2O. The van der Waals surface area contributed by atoms with Gasteiger partial charge in [-0.3, -0.25) is 0 Å². The lowest BCUT2D eigenvalue weighted by molar-refractivity contribution is 0.0786. The van der Waals surface area contributed by atoms with Gasteiger partial charge in [0.1, 0.15) is 0 Å². The first-order valence-corrected chi connectivity index (χ1v) is 7.64. The minimum Gasteiger partial charge on any atom is -0.377 e. The molecule has 1 aliphatic heterocycles. The molecule has 0 aliphatic carbocycles. The van der Waals surface area contributed by atoms with Crippen molar-refractivity contribution in [1.29, 1.82) is 0 Å². The van der Waals surface area contributed by atoms with Gasteiger partial charge >= 0.3 is 0 Å². The van der Waals surface area contributed by atoms with E-state index in [9.17, 15) is 0 Å². The number of aryl methyl sites for hydroxylation is 2. The average molecular weight is 276 g/mol. The van der Waals surface area contributed by atoms with E-state index in [-0.39, 0.29) is 0 Å². The third-order valence-electron chi connectivity index (χ3n) is 4.19. The molecule has 1 aromatic rings. The fourth-order valence-electron chi connectivity index (χ4n) is 3.00. The van der Waals surface area contributed by atoms with Gasteiger partial charge in [-0.25, -0.2) is 0 Å².